The van der Waals surface area contributed by atoms with Crippen molar-refractivity contribution in [3.05, 3.63) is 102 Å². The van der Waals surface area contributed by atoms with Crippen LogP contribution in [0.15, 0.2) is 101 Å². The van der Waals surface area contributed by atoms with E-state index in [-0.39, 0.29) is 24.7 Å². The third-order valence-electron chi connectivity index (χ3n) is 6.90. The molecule has 0 N–H and O–H groups in total. The van der Waals surface area contributed by atoms with E-state index in [0.29, 0.717) is 55.1 Å². The highest BCUT2D eigenvalue weighted by atomic mass is 32.2. The quantitative estimate of drug-likeness (QED) is 0.0957. The molecule has 0 unspecified atom stereocenters. The second-order valence-electron chi connectivity index (χ2n) is 10.0. The maximum absolute atomic E-state index is 12.2. The van der Waals surface area contributed by atoms with Crippen LogP contribution in [-0.4, -0.2) is 51.6 Å². The van der Waals surface area contributed by atoms with Crippen LogP contribution in [0.2, 0.25) is 0 Å². The molecule has 5 aromatic rings. The van der Waals surface area contributed by atoms with E-state index in [2.05, 4.69) is 12.1 Å². The molecule has 48 heavy (non-hydrogen) atoms. The SMILES string of the molecule is CCOC(=O)CSc1nc(-c2cccc(-c3cc(-c4ccccc4)c(C#N)c(SCC(=O)OCC)n3)n2)cc(-c2ccccc2)c1C#N. The zero-order valence-electron chi connectivity index (χ0n) is 26.2. The van der Waals surface area contributed by atoms with Gasteiger partial charge in [0.2, 0.25) is 0 Å². The molecule has 0 aliphatic carbocycles. The van der Waals surface area contributed by atoms with Crippen LogP contribution in [0, 0.1) is 22.7 Å². The van der Waals surface area contributed by atoms with Crippen LogP contribution in [-0.2, 0) is 19.1 Å². The fourth-order valence-corrected chi connectivity index (χ4v) is 6.40. The number of ether oxygens (including phenoxy) is 2. The fourth-order valence-electron chi connectivity index (χ4n) is 4.80. The molecule has 3 aromatic heterocycles. The summed E-state index contributed by atoms with van der Waals surface area (Å²) in [4.78, 5) is 39.0. The summed E-state index contributed by atoms with van der Waals surface area (Å²) in [5.41, 5.74) is 5.65. The number of rotatable bonds is 12. The average Bonchev–Trinajstić information content (AvgIpc) is 3.13. The predicted molar refractivity (Wildman–Crippen MR) is 186 cm³/mol. The largest absolute Gasteiger partial charge is 0.465 e. The number of thioether (sulfide) groups is 2. The molecule has 0 bridgehead atoms. The van der Waals surface area contributed by atoms with Gasteiger partial charge in [-0.3, -0.25) is 9.59 Å². The molecule has 3 heterocycles. The first-order valence-electron chi connectivity index (χ1n) is 15.0. The van der Waals surface area contributed by atoms with Crippen molar-refractivity contribution in [1.29, 1.82) is 10.5 Å². The molecule has 11 heteroatoms. The summed E-state index contributed by atoms with van der Waals surface area (Å²) in [6.07, 6.45) is 0. The van der Waals surface area contributed by atoms with Crippen LogP contribution in [0.4, 0.5) is 0 Å². The Kier molecular flexibility index (Phi) is 11.5. The lowest BCUT2D eigenvalue weighted by molar-refractivity contribution is -0.140. The van der Waals surface area contributed by atoms with Crippen LogP contribution in [0.1, 0.15) is 25.0 Å². The Morgan fingerprint density at radius 2 is 1.02 bits per heavy atom. The van der Waals surface area contributed by atoms with Gasteiger partial charge in [-0.1, -0.05) is 90.3 Å². The zero-order valence-corrected chi connectivity index (χ0v) is 27.8. The Hall–Kier alpha value is -5.49. The first-order valence-corrected chi connectivity index (χ1v) is 17.0. The smallest absolute Gasteiger partial charge is 0.316 e. The Balaban J connectivity index is 1.63. The highest BCUT2D eigenvalue weighted by Gasteiger charge is 2.20. The lowest BCUT2D eigenvalue weighted by Gasteiger charge is -2.14. The number of carbonyl (C=O) groups is 2. The molecule has 5 rings (SSSR count). The minimum absolute atomic E-state index is 0.00959. The molecule has 0 saturated heterocycles. The molecule has 2 aromatic carbocycles. The summed E-state index contributed by atoms with van der Waals surface area (Å²) < 4.78 is 10.2. The normalized spacial score (nSPS) is 10.5. The van der Waals surface area contributed by atoms with Gasteiger partial charge in [0.15, 0.2) is 0 Å². The summed E-state index contributed by atoms with van der Waals surface area (Å²) >= 11 is 2.27. The third-order valence-corrected chi connectivity index (χ3v) is 8.80. The first kappa shape index (κ1) is 33.9. The summed E-state index contributed by atoms with van der Waals surface area (Å²) in [5.74, 6) is -0.829. The molecule has 238 valence electrons. The van der Waals surface area contributed by atoms with E-state index in [4.69, 9.17) is 24.4 Å². The third kappa shape index (κ3) is 8.07. The molecular weight excluding hydrogens is 643 g/mol. The van der Waals surface area contributed by atoms with Gasteiger partial charge in [0, 0.05) is 11.1 Å². The number of nitrogens with zero attached hydrogens (tertiary/aromatic N) is 5. The monoisotopic (exact) mass is 671 g/mol. The Labute approximate surface area is 287 Å². The van der Waals surface area contributed by atoms with Gasteiger partial charge in [0.1, 0.15) is 22.2 Å². The summed E-state index contributed by atoms with van der Waals surface area (Å²) in [5, 5.41) is 21.1. The fraction of sp³-hybridized carbons (Fsp3) is 0.162. The topological polar surface area (TPSA) is 139 Å². The van der Waals surface area contributed by atoms with Gasteiger partial charge >= 0.3 is 11.9 Å². The van der Waals surface area contributed by atoms with Gasteiger partial charge in [-0.15, -0.1) is 0 Å². The van der Waals surface area contributed by atoms with E-state index >= 15 is 0 Å². The standard InChI is InChI=1S/C37H29N5O4S2/c1-3-45-34(43)22-47-36-28(20-38)26(24-12-7-5-8-13-24)18-32(41-36)30-16-11-17-31(40-30)33-19-27(25-14-9-6-10-15-25)29(21-39)37(42-33)48-23-35(44)46-4-2/h5-19H,3-4,22-23H2,1-2H3. The second-order valence-corrected chi connectivity index (χ2v) is 11.9. The van der Waals surface area contributed by atoms with Crippen LogP contribution < -0.4 is 0 Å². The molecule has 0 radical (unpaired) electrons. The van der Waals surface area contributed by atoms with Gasteiger partial charge in [-0.25, -0.2) is 15.0 Å². The minimum Gasteiger partial charge on any atom is -0.465 e. The molecule has 9 nitrogen and oxygen atoms in total. The maximum atomic E-state index is 12.2. The van der Waals surface area contributed by atoms with Crippen molar-refractivity contribution in [3.8, 4) is 57.2 Å². The van der Waals surface area contributed by atoms with Crippen LogP contribution in [0.5, 0.6) is 0 Å². The number of aromatic nitrogens is 3. The number of benzene rings is 2. The van der Waals surface area contributed by atoms with E-state index in [0.717, 1.165) is 34.7 Å². The van der Waals surface area contributed by atoms with Gasteiger partial charge < -0.3 is 9.47 Å². The molecule has 0 aliphatic heterocycles. The lowest BCUT2D eigenvalue weighted by Crippen LogP contribution is -2.08. The highest BCUT2D eigenvalue weighted by molar-refractivity contribution is 8.00. The molecule has 0 atom stereocenters. The molecule has 0 spiro atoms. The van der Waals surface area contributed by atoms with E-state index in [1.807, 2.05) is 91.0 Å². The number of hydrogen-bond acceptors (Lipinski definition) is 11. The Morgan fingerprint density at radius 1 is 0.604 bits per heavy atom. The number of carbonyl (C=O) groups excluding carboxylic acids is 2. The van der Waals surface area contributed by atoms with Crippen molar-refractivity contribution in [3.63, 3.8) is 0 Å². The summed E-state index contributed by atoms with van der Waals surface area (Å²) in [6.45, 7) is 3.98. The van der Waals surface area contributed by atoms with Gasteiger partial charge in [0.25, 0.3) is 0 Å². The Morgan fingerprint density at radius 3 is 1.40 bits per heavy atom. The van der Waals surface area contributed by atoms with Crippen molar-refractivity contribution >= 4 is 35.5 Å². The predicted octanol–water partition coefficient (Wildman–Crippen LogP) is 7.59. The first-order chi connectivity index (χ1) is 23.4. The summed E-state index contributed by atoms with van der Waals surface area (Å²) in [6, 6.07) is 32.6. The van der Waals surface area contributed by atoms with Gasteiger partial charge in [-0.05, 0) is 49.2 Å². The van der Waals surface area contributed by atoms with Crippen LogP contribution in [0.25, 0.3) is 45.0 Å². The molecule has 0 saturated carbocycles. The second kappa shape index (κ2) is 16.4. The van der Waals surface area contributed by atoms with E-state index in [1.54, 1.807) is 13.8 Å². The van der Waals surface area contributed by atoms with Crippen LogP contribution in [0.3, 0.4) is 0 Å². The van der Waals surface area contributed by atoms with Crippen molar-refractivity contribution in [1.82, 2.24) is 15.0 Å². The van der Waals surface area contributed by atoms with Crippen molar-refractivity contribution in [2.75, 3.05) is 24.7 Å². The number of nitriles is 2. The Bertz CT molecular complexity index is 1880. The van der Waals surface area contributed by atoms with E-state index in [1.165, 1.54) is 0 Å². The average molecular weight is 672 g/mol. The molecule has 0 amide bonds. The minimum atomic E-state index is -0.405. The number of esters is 2. The summed E-state index contributed by atoms with van der Waals surface area (Å²) in [7, 11) is 0. The zero-order chi connectivity index (χ0) is 33.9. The maximum Gasteiger partial charge on any atom is 0.316 e. The van der Waals surface area contributed by atoms with Gasteiger partial charge in [0.05, 0.1) is 58.6 Å². The highest BCUT2D eigenvalue weighted by Crippen LogP contribution is 2.36. The molecule has 0 fully saturated rings. The van der Waals surface area contributed by atoms with Crippen molar-refractivity contribution in [2.45, 2.75) is 23.9 Å². The van der Waals surface area contributed by atoms with E-state index in [9.17, 15) is 20.1 Å². The number of pyridine rings is 3. The van der Waals surface area contributed by atoms with Crippen molar-refractivity contribution in [2.24, 2.45) is 0 Å². The van der Waals surface area contributed by atoms with Gasteiger partial charge in [-0.2, -0.15) is 10.5 Å². The van der Waals surface area contributed by atoms with E-state index < -0.39 is 11.9 Å². The number of hydrogen-bond donors (Lipinski definition) is 0. The molecular formula is C37H29N5O4S2. The lowest BCUT2D eigenvalue weighted by atomic mass is 9.99. The molecule has 0 aliphatic rings. The van der Waals surface area contributed by atoms with Crippen LogP contribution >= 0.6 is 23.5 Å². The van der Waals surface area contributed by atoms with Crippen molar-refractivity contribution < 1.29 is 19.1 Å².